The van der Waals surface area contributed by atoms with Crippen molar-refractivity contribution in [2.24, 2.45) is 11.8 Å². The molecular formula is C11H12ClNO2. The summed E-state index contributed by atoms with van der Waals surface area (Å²) < 4.78 is 0. The first-order valence-corrected chi connectivity index (χ1v) is 5.25. The molecular weight excluding hydrogens is 214 g/mol. The number of nitrogens with one attached hydrogen (secondary N) is 1. The molecule has 0 bridgehead atoms. The number of halogens is 1. The van der Waals surface area contributed by atoms with Gasteiger partial charge in [-0.15, -0.1) is 0 Å². The third-order valence-corrected chi connectivity index (χ3v) is 2.97. The van der Waals surface area contributed by atoms with Gasteiger partial charge in [-0.3, -0.25) is 4.79 Å². The monoisotopic (exact) mass is 225 g/mol. The van der Waals surface area contributed by atoms with Crippen LogP contribution in [0.4, 0.5) is 5.69 Å². The number of benzene rings is 1. The van der Waals surface area contributed by atoms with Gasteiger partial charge in [0, 0.05) is 12.0 Å². The molecule has 2 atom stereocenters. The largest absolute Gasteiger partial charge is 0.508 e. The molecule has 1 aliphatic rings. The van der Waals surface area contributed by atoms with Crippen LogP contribution in [-0.2, 0) is 4.79 Å². The molecule has 1 aromatic rings. The lowest BCUT2D eigenvalue weighted by Gasteiger charge is -2.06. The third kappa shape index (κ3) is 2.23. The van der Waals surface area contributed by atoms with E-state index in [1.165, 1.54) is 12.1 Å². The first-order chi connectivity index (χ1) is 7.08. The second-order valence-corrected chi connectivity index (χ2v) is 4.38. The molecule has 0 spiro atoms. The summed E-state index contributed by atoms with van der Waals surface area (Å²) >= 11 is 5.86. The molecule has 4 heteroatoms. The van der Waals surface area contributed by atoms with Crippen molar-refractivity contribution in [2.45, 2.75) is 13.3 Å². The molecule has 3 nitrogen and oxygen atoms in total. The Morgan fingerprint density at radius 1 is 1.60 bits per heavy atom. The Labute approximate surface area is 93.1 Å². The topological polar surface area (TPSA) is 49.3 Å². The molecule has 1 aromatic carbocycles. The number of rotatable bonds is 2. The maximum Gasteiger partial charge on any atom is 0.227 e. The molecule has 2 rings (SSSR count). The predicted molar refractivity (Wildman–Crippen MR) is 59.0 cm³/mol. The SMILES string of the molecule is CC1CC1C(=O)Nc1ccc(O)cc1Cl. The van der Waals surface area contributed by atoms with Crippen LogP contribution in [0.5, 0.6) is 5.75 Å². The minimum Gasteiger partial charge on any atom is -0.508 e. The first kappa shape index (κ1) is 10.3. The van der Waals surface area contributed by atoms with Crippen molar-refractivity contribution in [3.63, 3.8) is 0 Å². The van der Waals surface area contributed by atoms with Gasteiger partial charge < -0.3 is 10.4 Å². The normalized spacial score (nSPS) is 23.6. The van der Waals surface area contributed by atoms with Gasteiger partial charge in [-0.1, -0.05) is 18.5 Å². The number of aromatic hydroxyl groups is 1. The molecule has 1 saturated carbocycles. The lowest BCUT2D eigenvalue weighted by atomic mass is 10.2. The van der Waals surface area contributed by atoms with Gasteiger partial charge >= 0.3 is 0 Å². The van der Waals surface area contributed by atoms with Crippen LogP contribution < -0.4 is 5.32 Å². The van der Waals surface area contributed by atoms with Crippen LogP contribution >= 0.6 is 11.6 Å². The van der Waals surface area contributed by atoms with Gasteiger partial charge in [-0.2, -0.15) is 0 Å². The van der Waals surface area contributed by atoms with Gasteiger partial charge in [0.2, 0.25) is 5.91 Å². The standard InChI is InChI=1S/C11H12ClNO2/c1-6-4-8(6)11(15)13-10-3-2-7(14)5-9(10)12/h2-3,5-6,8,14H,4H2,1H3,(H,13,15). The fraction of sp³-hybridized carbons (Fsp3) is 0.364. The Kier molecular flexibility index (Phi) is 2.57. The minimum atomic E-state index is 0.00934. The molecule has 1 fully saturated rings. The molecule has 2 unspecified atom stereocenters. The van der Waals surface area contributed by atoms with Crippen molar-refractivity contribution in [3.05, 3.63) is 23.2 Å². The van der Waals surface area contributed by atoms with Crippen molar-refractivity contribution in [2.75, 3.05) is 5.32 Å². The van der Waals surface area contributed by atoms with Gasteiger partial charge in [0.15, 0.2) is 0 Å². The van der Waals surface area contributed by atoms with E-state index in [2.05, 4.69) is 5.32 Å². The molecule has 80 valence electrons. The summed E-state index contributed by atoms with van der Waals surface area (Å²) in [5.74, 6) is 0.698. The Bertz CT molecular complexity index is 406. The number of carbonyl (C=O) groups excluding carboxylic acids is 1. The first-order valence-electron chi connectivity index (χ1n) is 4.87. The van der Waals surface area contributed by atoms with Gasteiger partial charge in [-0.05, 0) is 24.5 Å². The number of phenolic OH excluding ortho intramolecular Hbond substituents is 1. The highest BCUT2D eigenvalue weighted by atomic mass is 35.5. The highest BCUT2D eigenvalue weighted by Gasteiger charge is 2.39. The Morgan fingerprint density at radius 3 is 2.80 bits per heavy atom. The van der Waals surface area contributed by atoms with E-state index in [1.54, 1.807) is 6.07 Å². The van der Waals surface area contributed by atoms with Crippen LogP contribution in [0.25, 0.3) is 0 Å². The van der Waals surface area contributed by atoms with Crippen LogP contribution in [0.1, 0.15) is 13.3 Å². The van der Waals surface area contributed by atoms with E-state index >= 15 is 0 Å². The zero-order valence-electron chi connectivity index (χ0n) is 8.33. The summed E-state index contributed by atoms with van der Waals surface area (Å²) in [6, 6.07) is 4.51. The second kappa shape index (κ2) is 3.74. The van der Waals surface area contributed by atoms with Crippen molar-refractivity contribution in [1.82, 2.24) is 0 Å². The molecule has 2 N–H and O–H groups in total. The maximum absolute atomic E-state index is 11.6. The number of phenols is 1. The number of anilines is 1. The molecule has 0 heterocycles. The van der Waals surface area contributed by atoms with E-state index in [1.807, 2.05) is 6.92 Å². The quantitative estimate of drug-likeness (QED) is 0.761. The number of hydrogen-bond donors (Lipinski definition) is 2. The smallest absolute Gasteiger partial charge is 0.227 e. The van der Waals surface area contributed by atoms with Gasteiger partial charge in [0.05, 0.1) is 10.7 Å². The Hall–Kier alpha value is -1.22. The highest BCUT2D eigenvalue weighted by molar-refractivity contribution is 6.33. The molecule has 0 radical (unpaired) electrons. The lowest BCUT2D eigenvalue weighted by molar-refractivity contribution is -0.117. The van der Waals surface area contributed by atoms with Crippen LogP contribution in [0.3, 0.4) is 0 Å². The zero-order valence-corrected chi connectivity index (χ0v) is 9.08. The fourth-order valence-corrected chi connectivity index (χ4v) is 1.74. The summed E-state index contributed by atoms with van der Waals surface area (Å²) in [6.07, 6.45) is 0.946. The average Bonchev–Trinajstić information content (AvgIpc) is 2.88. The summed E-state index contributed by atoms with van der Waals surface area (Å²) in [5, 5.41) is 12.2. The van der Waals surface area contributed by atoms with Crippen LogP contribution in [0.2, 0.25) is 5.02 Å². The van der Waals surface area contributed by atoms with E-state index in [-0.39, 0.29) is 17.6 Å². The molecule has 1 aliphatic carbocycles. The van der Waals surface area contributed by atoms with E-state index in [0.717, 1.165) is 6.42 Å². The summed E-state index contributed by atoms with van der Waals surface area (Å²) in [5.41, 5.74) is 0.554. The Morgan fingerprint density at radius 2 is 2.27 bits per heavy atom. The van der Waals surface area contributed by atoms with Crippen molar-refractivity contribution >= 4 is 23.2 Å². The number of hydrogen-bond acceptors (Lipinski definition) is 2. The minimum absolute atomic E-state index is 0.00934. The van der Waals surface area contributed by atoms with E-state index in [4.69, 9.17) is 16.7 Å². The highest BCUT2D eigenvalue weighted by Crippen LogP contribution is 2.39. The van der Waals surface area contributed by atoms with E-state index < -0.39 is 0 Å². The van der Waals surface area contributed by atoms with E-state index in [0.29, 0.717) is 16.6 Å². The lowest BCUT2D eigenvalue weighted by Crippen LogP contribution is -2.14. The van der Waals surface area contributed by atoms with Crippen LogP contribution in [0.15, 0.2) is 18.2 Å². The second-order valence-electron chi connectivity index (χ2n) is 3.97. The van der Waals surface area contributed by atoms with Gasteiger partial charge in [-0.25, -0.2) is 0 Å². The van der Waals surface area contributed by atoms with Crippen molar-refractivity contribution in [1.29, 1.82) is 0 Å². The molecule has 15 heavy (non-hydrogen) atoms. The van der Waals surface area contributed by atoms with Gasteiger partial charge in [0.25, 0.3) is 0 Å². The summed E-state index contributed by atoms with van der Waals surface area (Å²) in [4.78, 5) is 11.6. The summed E-state index contributed by atoms with van der Waals surface area (Å²) in [7, 11) is 0. The zero-order chi connectivity index (χ0) is 11.0. The molecule has 0 aromatic heterocycles. The van der Waals surface area contributed by atoms with Crippen LogP contribution in [0, 0.1) is 11.8 Å². The number of carbonyl (C=O) groups is 1. The fourth-order valence-electron chi connectivity index (χ4n) is 1.52. The van der Waals surface area contributed by atoms with Crippen molar-refractivity contribution < 1.29 is 9.90 Å². The molecule has 0 saturated heterocycles. The molecule has 1 amide bonds. The van der Waals surface area contributed by atoms with Crippen molar-refractivity contribution in [3.8, 4) is 5.75 Å². The van der Waals surface area contributed by atoms with Crippen LogP contribution in [-0.4, -0.2) is 11.0 Å². The number of amides is 1. The van der Waals surface area contributed by atoms with Gasteiger partial charge in [0.1, 0.15) is 5.75 Å². The Balaban J connectivity index is 2.07. The van der Waals surface area contributed by atoms with E-state index in [9.17, 15) is 4.79 Å². The summed E-state index contributed by atoms with van der Waals surface area (Å²) in [6.45, 7) is 2.04. The molecule has 0 aliphatic heterocycles. The average molecular weight is 226 g/mol. The maximum atomic E-state index is 11.6. The third-order valence-electron chi connectivity index (χ3n) is 2.66. The predicted octanol–water partition coefficient (Wildman–Crippen LogP) is 2.64.